The van der Waals surface area contributed by atoms with Gasteiger partial charge >= 0.3 is 0 Å². The zero-order chi connectivity index (χ0) is 23.0. The SMILES string of the molecule is CC(C)C(C)N(C(=O)CCc1nc2cc(S(=O)(=O)N3CCCCC3)ccc2n1C)C1CC1. The third-order valence-electron chi connectivity index (χ3n) is 7.09. The van der Waals surface area contributed by atoms with E-state index in [1.807, 2.05) is 17.7 Å². The Balaban J connectivity index is 1.51. The molecule has 1 aromatic heterocycles. The molecule has 1 atom stereocenters. The number of amides is 1. The van der Waals surface area contributed by atoms with Crippen LogP contribution in [0.4, 0.5) is 0 Å². The lowest BCUT2D eigenvalue weighted by Gasteiger charge is -2.32. The van der Waals surface area contributed by atoms with Crippen molar-refractivity contribution >= 4 is 27.0 Å². The van der Waals surface area contributed by atoms with Crippen LogP contribution in [0.1, 0.15) is 65.1 Å². The summed E-state index contributed by atoms with van der Waals surface area (Å²) in [7, 11) is -1.56. The number of aryl methyl sites for hydroxylation is 2. The molecule has 7 nitrogen and oxygen atoms in total. The number of sulfonamides is 1. The van der Waals surface area contributed by atoms with Crippen LogP contribution in [0.2, 0.25) is 0 Å². The summed E-state index contributed by atoms with van der Waals surface area (Å²) in [5.74, 6) is 1.43. The van der Waals surface area contributed by atoms with Gasteiger partial charge in [0.05, 0.1) is 15.9 Å². The maximum atomic E-state index is 13.0. The Hall–Kier alpha value is -1.93. The van der Waals surface area contributed by atoms with Crippen LogP contribution in [0.5, 0.6) is 0 Å². The second kappa shape index (κ2) is 9.14. The molecule has 0 bridgehead atoms. The third kappa shape index (κ3) is 4.57. The first-order chi connectivity index (χ1) is 15.2. The minimum absolute atomic E-state index is 0.189. The lowest BCUT2D eigenvalue weighted by Crippen LogP contribution is -2.43. The van der Waals surface area contributed by atoms with Crippen molar-refractivity contribution in [3.63, 3.8) is 0 Å². The van der Waals surface area contributed by atoms with Crippen molar-refractivity contribution in [2.75, 3.05) is 13.1 Å². The highest BCUT2D eigenvalue weighted by Gasteiger charge is 2.36. The molecule has 0 radical (unpaired) electrons. The summed E-state index contributed by atoms with van der Waals surface area (Å²) in [5, 5.41) is 0. The molecule has 1 saturated heterocycles. The molecule has 1 amide bonds. The molecule has 4 rings (SSSR count). The summed E-state index contributed by atoms with van der Waals surface area (Å²) in [6.07, 6.45) is 6.08. The van der Waals surface area contributed by atoms with E-state index in [-0.39, 0.29) is 11.9 Å². The van der Waals surface area contributed by atoms with E-state index in [1.165, 1.54) is 0 Å². The van der Waals surface area contributed by atoms with Crippen LogP contribution >= 0.6 is 0 Å². The monoisotopic (exact) mass is 460 g/mol. The van der Waals surface area contributed by atoms with E-state index in [9.17, 15) is 13.2 Å². The summed E-state index contributed by atoms with van der Waals surface area (Å²) < 4.78 is 29.6. The third-order valence-corrected chi connectivity index (χ3v) is 8.99. The zero-order valence-electron chi connectivity index (χ0n) is 19.7. The number of fused-ring (bicyclic) bond motifs is 1. The molecule has 0 spiro atoms. The molecule has 2 aromatic rings. The first-order valence-corrected chi connectivity index (χ1v) is 13.4. The molecule has 1 unspecified atom stereocenters. The highest BCUT2D eigenvalue weighted by molar-refractivity contribution is 7.89. The molecule has 2 fully saturated rings. The lowest BCUT2D eigenvalue weighted by molar-refractivity contribution is -0.134. The first kappa shape index (κ1) is 23.2. The van der Waals surface area contributed by atoms with Gasteiger partial charge in [-0.2, -0.15) is 4.31 Å². The van der Waals surface area contributed by atoms with E-state index in [0.717, 1.165) is 43.4 Å². The van der Waals surface area contributed by atoms with Crippen LogP contribution < -0.4 is 0 Å². The summed E-state index contributed by atoms with van der Waals surface area (Å²) in [6.45, 7) is 7.63. The van der Waals surface area contributed by atoms with Crippen LogP contribution in [0.15, 0.2) is 23.1 Å². The van der Waals surface area contributed by atoms with Gasteiger partial charge in [0.15, 0.2) is 0 Å². The fourth-order valence-electron chi connectivity index (χ4n) is 4.65. The number of rotatable bonds is 8. The van der Waals surface area contributed by atoms with Crippen LogP contribution in [0.3, 0.4) is 0 Å². The topological polar surface area (TPSA) is 75.5 Å². The van der Waals surface area contributed by atoms with Gasteiger partial charge in [0.1, 0.15) is 5.82 Å². The maximum Gasteiger partial charge on any atom is 0.243 e. The van der Waals surface area contributed by atoms with Crippen molar-refractivity contribution in [2.24, 2.45) is 13.0 Å². The molecule has 176 valence electrons. The average molecular weight is 461 g/mol. The van der Waals surface area contributed by atoms with E-state index < -0.39 is 10.0 Å². The Morgan fingerprint density at radius 1 is 1.16 bits per heavy atom. The van der Waals surface area contributed by atoms with Crippen molar-refractivity contribution in [1.29, 1.82) is 0 Å². The maximum absolute atomic E-state index is 13.0. The summed E-state index contributed by atoms with van der Waals surface area (Å²) in [4.78, 5) is 20.1. The molecule has 8 heteroatoms. The Bertz CT molecular complexity index is 1080. The van der Waals surface area contributed by atoms with Gasteiger partial charge in [-0.3, -0.25) is 4.79 Å². The van der Waals surface area contributed by atoms with E-state index in [4.69, 9.17) is 4.98 Å². The van der Waals surface area contributed by atoms with E-state index in [2.05, 4.69) is 25.7 Å². The van der Waals surface area contributed by atoms with Crippen molar-refractivity contribution in [1.82, 2.24) is 18.8 Å². The zero-order valence-corrected chi connectivity index (χ0v) is 20.6. The number of carbonyl (C=O) groups excluding carboxylic acids is 1. The normalized spacial score (nSPS) is 18.9. The molecule has 2 aliphatic rings. The molecule has 32 heavy (non-hydrogen) atoms. The van der Waals surface area contributed by atoms with Crippen LogP contribution in [0.25, 0.3) is 11.0 Å². The van der Waals surface area contributed by atoms with Crippen molar-refractivity contribution < 1.29 is 13.2 Å². The summed E-state index contributed by atoms with van der Waals surface area (Å²) >= 11 is 0. The van der Waals surface area contributed by atoms with Gasteiger partial charge in [-0.1, -0.05) is 20.3 Å². The standard InChI is InChI=1S/C24H36N4O3S/c1-17(2)18(3)28(19-8-9-19)24(29)13-12-23-25-21-16-20(10-11-22(21)26(23)4)32(30,31)27-14-6-5-7-15-27/h10-11,16-19H,5-9,12-15H2,1-4H3. The Morgan fingerprint density at radius 2 is 1.84 bits per heavy atom. The molecule has 1 saturated carbocycles. The molecule has 1 aliphatic heterocycles. The Morgan fingerprint density at radius 3 is 2.47 bits per heavy atom. The highest BCUT2D eigenvalue weighted by Crippen LogP contribution is 2.31. The van der Waals surface area contributed by atoms with Gasteiger partial charge in [-0.15, -0.1) is 0 Å². The van der Waals surface area contributed by atoms with Gasteiger partial charge in [0.25, 0.3) is 0 Å². The average Bonchev–Trinajstić information content (AvgIpc) is 3.56. The van der Waals surface area contributed by atoms with Gasteiger partial charge < -0.3 is 9.47 Å². The summed E-state index contributed by atoms with van der Waals surface area (Å²) in [6, 6.07) is 5.83. The fraction of sp³-hybridized carbons (Fsp3) is 0.667. The van der Waals surface area contributed by atoms with Crippen molar-refractivity contribution in [2.45, 2.75) is 82.7 Å². The van der Waals surface area contributed by atoms with E-state index >= 15 is 0 Å². The Labute approximate surface area is 191 Å². The van der Waals surface area contributed by atoms with E-state index in [1.54, 1.807) is 16.4 Å². The van der Waals surface area contributed by atoms with E-state index in [0.29, 0.717) is 48.3 Å². The largest absolute Gasteiger partial charge is 0.337 e. The van der Waals surface area contributed by atoms with Gasteiger partial charge in [0.2, 0.25) is 15.9 Å². The second-order valence-electron chi connectivity index (χ2n) is 9.72. The molecule has 1 aromatic carbocycles. The molecule has 1 aliphatic carbocycles. The van der Waals surface area contributed by atoms with Gasteiger partial charge in [0, 0.05) is 45.1 Å². The van der Waals surface area contributed by atoms with Crippen LogP contribution in [-0.2, 0) is 28.3 Å². The molecular formula is C24H36N4O3S. The number of imidazole rings is 1. The van der Waals surface area contributed by atoms with Crippen molar-refractivity contribution in [3.8, 4) is 0 Å². The van der Waals surface area contributed by atoms with Crippen LogP contribution in [-0.4, -0.2) is 58.3 Å². The number of aromatic nitrogens is 2. The number of piperidine rings is 1. The van der Waals surface area contributed by atoms with Crippen LogP contribution in [0, 0.1) is 5.92 Å². The van der Waals surface area contributed by atoms with Crippen molar-refractivity contribution in [3.05, 3.63) is 24.0 Å². The molecule has 0 N–H and O–H groups in total. The second-order valence-corrected chi connectivity index (χ2v) is 11.7. The van der Waals surface area contributed by atoms with Gasteiger partial charge in [-0.25, -0.2) is 13.4 Å². The lowest BCUT2D eigenvalue weighted by atomic mass is 10.0. The molecular weight excluding hydrogens is 424 g/mol. The number of hydrogen-bond donors (Lipinski definition) is 0. The predicted molar refractivity (Wildman–Crippen MR) is 126 cm³/mol. The number of hydrogen-bond acceptors (Lipinski definition) is 4. The molecule has 2 heterocycles. The fourth-order valence-corrected chi connectivity index (χ4v) is 6.19. The smallest absolute Gasteiger partial charge is 0.243 e. The first-order valence-electron chi connectivity index (χ1n) is 12.0. The minimum Gasteiger partial charge on any atom is -0.337 e. The highest BCUT2D eigenvalue weighted by atomic mass is 32.2. The predicted octanol–water partition coefficient (Wildman–Crippen LogP) is 3.72. The number of nitrogens with zero attached hydrogens (tertiary/aromatic N) is 4. The quantitative estimate of drug-likeness (QED) is 0.602. The van der Waals surface area contributed by atoms with Gasteiger partial charge in [-0.05, 0) is 56.7 Å². The number of benzene rings is 1. The summed E-state index contributed by atoms with van der Waals surface area (Å²) in [5.41, 5.74) is 1.56. The number of carbonyl (C=O) groups is 1. The minimum atomic E-state index is -3.49. The Kier molecular flexibility index (Phi) is 6.63.